The Labute approximate surface area is 150 Å². The van der Waals surface area contributed by atoms with Crippen LogP contribution >= 0.6 is 23.2 Å². The molecule has 8 heteroatoms. The number of hydrogen-bond donors (Lipinski definition) is 1. The summed E-state index contributed by atoms with van der Waals surface area (Å²) < 4.78 is 26.3. The van der Waals surface area contributed by atoms with Gasteiger partial charge in [-0.2, -0.15) is 4.31 Å². The van der Waals surface area contributed by atoms with Crippen molar-refractivity contribution >= 4 is 39.2 Å². The molecule has 2 aromatic carbocycles. The normalized spacial score (nSPS) is 13.0. The lowest BCUT2D eigenvalue weighted by molar-refractivity contribution is -0.141. The first-order valence-corrected chi connectivity index (χ1v) is 9.12. The molecule has 0 saturated carbocycles. The molecule has 128 valence electrons. The standard InChI is InChI=1S/C16H15Cl2NO4S/c1-19(15(16(20)21)7-11-5-3-2-4-6-11)24(22,23)14-9-12(17)8-13(18)10-14/h2-6,8-10,15H,7H2,1H3,(H,20,21)/t15-/m0/s1. The number of likely N-dealkylation sites (N-methyl/N-ethyl adjacent to an activating group) is 1. The van der Waals surface area contributed by atoms with Gasteiger partial charge < -0.3 is 5.11 Å². The molecule has 0 heterocycles. The van der Waals surface area contributed by atoms with Crippen molar-refractivity contribution in [1.29, 1.82) is 0 Å². The van der Waals surface area contributed by atoms with Crippen molar-refractivity contribution < 1.29 is 18.3 Å². The Morgan fingerprint density at radius 3 is 2.17 bits per heavy atom. The number of aliphatic carboxylic acids is 1. The Hall–Kier alpha value is -1.60. The van der Waals surface area contributed by atoms with Crippen LogP contribution in [0, 0.1) is 0 Å². The third-order valence-corrected chi connectivity index (χ3v) is 5.79. The topological polar surface area (TPSA) is 74.7 Å². The van der Waals surface area contributed by atoms with Crippen LogP contribution in [0.1, 0.15) is 5.56 Å². The summed E-state index contributed by atoms with van der Waals surface area (Å²) in [5, 5.41) is 9.78. The fraction of sp³-hybridized carbons (Fsp3) is 0.188. The van der Waals surface area contributed by atoms with Gasteiger partial charge in [0.1, 0.15) is 6.04 Å². The molecule has 0 aliphatic carbocycles. The van der Waals surface area contributed by atoms with Crippen molar-refractivity contribution in [2.24, 2.45) is 0 Å². The van der Waals surface area contributed by atoms with Crippen LogP contribution in [0.3, 0.4) is 0 Å². The SMILES string of the molecule is CN([C@@H](Cc1ccccc1)C(=O)O)S(=O)(=O)c1cc(Cl)cc(Cl)c1. The van der Waals surface area contributed by atoms with Crippen molar-refractivity contribution in [1.82, 2.24) is 4.31 Å². The molecule has 5 nitrogen and oxygen atoms in total. The second kappa shape index (κ2) is 7.53. The average molecular weight is 388 g/mol. The first kappa shape index (κ1) is 18.7. The number of benzene rings is 2. The molecule has 0 fully saturated rings. The maximum Gasteiger partial charge on any atom is 0.322 e. The summed E-state index contributed by atoms with van der Waals surface area (Å²) in [4.78, 5) is 11.4. The van der Waals surface area contributed by atoms with Crippen LogP contribution in [0.4, 0.5) is 0 Å². The van der Waals surface area contributed by atoms with Gasteiger partial charge in [-0.25, -0.2) is 8.42 Å². The second-order valence-corrected chi connectivity index (χ2v) is 8.04. The molecule has 0 aliphatic heterocycles. The molecule has 0 saturated heterocycles. The zero-order chi connectivity index (χ0) is 17.9. The minimum Gasteiger partial charge on any atom is -0.480 e. The van der Waals surface area contributed by atoms with Gasteiger partial charge in [-0.3, -0.25) is 4.79 Å². The summed E-state index contributed by atoms with van der Waals surface area (Å²) in [6, 6.07) is 11.4. The van der Waals surface area contributed by atoms with E-state index in [1.807, 2.05) is 0 Å². The third kappa shape index (κ3) is 4.27. The lowest BCUT2D eigenvalue weighted by atomic mass is 10.1. The highest BCUT2D eigenvalue weighted by Crippen LogP contribution is 2.26. The van der Waals surface area contributed by atoms with Crippen LogP contribution in [-0.4, -0.2) is 36.9 Å². The predicted octanol–water partition coefficient (Wildman–Crippen LogP) is 3.31. The van der Waals surface area contributed by atoms with Gasteiger partial charge in [0.15, 0.2) is 0 Å². The van der Waals surface area contributed by atoms with E-state index in [2.05, 4.69) is 0 Å². The fourth-order valence-electron chi connectivity index (χ4n) is 2.22. The van der Waals surface area contributed by atoms with Crippen LogP contribution in [0.5, 0.6) is 0 Å². The molecule has 2 rings (SSSR count). The first-order chi connectivity index (χ1) is 11.2. The van der Waals surface area contributed by atoms with Gasteiger partial charge in [-0.05, 0) is 30.2 Å². The highest BCUT2D eigenvalue weighted by Gasteiger charge is 2.33. The molecule has 1 N–H and O–H groups in total. The zero-order valence-electron chi connectivity index (χ0n) is 12.7. The molecule has 24 heavy (non-hydrogen) atoms. The summed E-state index contributed by atoms with van der Waals surface area (Å²) >= 11 is 11.7. The molecule has 0 amide bonds. The number of carboxylic acids is 1. The lowest BCUT2D eigenvalue weighted by Crippen LogP contribution is -2.43. The van der Waals surface area contributed by atoms with Crippen LogP contribution in [0.2, 0.25) is 10.0 Å². The second-order valence-electron chi connectivity index (χ2n) is 5.17. The largest absolute Gasteiger partial charge is 0.480 e. The summed E-state index contributed by atoms with van der Waals surface area (Å²) in [5.41, 5.74) is 0.719. The lowest BCUT2D eigenvalue weighted by Gasteiger charge is -2.24. The monoisotopic (exact) mass is 387 g/mol. The van der Waals surface area contributed by atoms with E-state index in [-0.39, 0.29) is 21.4 Å². The quantitative estimate of drug-likeness (QED) is 0.824. The molecule has 0 spiro atoms. The summed E-state index contributed by atoms with van der Waals surface area (Å²) in [5.74, 6) is -1.24. The molecular formula is C16H15Cl2NO4S. The van der Waals surface area contributed by atoms with Crippen molar-refractivity contribution in [3.63, 3.8) is 0 Å². The Bertz CT molecular complexity index is 820. The van der Waals surface area contributed by atoms with Crippen molar-refractivity contribution in [2.75, 3.05) is 7.05 Å². The van der Waals surface area contributed by atoms with E-state index in [1.165, 1.54) is 25.2 Å². The number of sulfonamides is 1. The Morgan fingerprint density at radius 1 is 1.12 bits per heavy atom. The molecule has 0 unspecified atom stereocenters. The van der Waals surface area contributed by atoms with Crippen molar-refractivity contribution in [3.8, 4) is 0 Å². The molecular weight excluding hydrogens is 373 g/mol. The first-order valence-electron chi connectivity index (χ1n) is 6.92. The van der Waals surface area contributed by atoms with E-state index in [9.17, 15) is 18.3 Å². The minimum absolute atomic E-state index is 0.0419. The maximum absolute atomic E-state index is 12.7. The number of carboxylic acid groups (broad SMARTS) is 1. The van der Waals surface area contributed by atoms with Gasteiger partial charge in [-0.1, -0.05) is 53.5 Å². The minimum atomic E-state index is -4.06. The van der Waals surface area contributed by atoms with Gasteiger partial charge >= 0.3 is 5.97 Å². The number of nitrogens with zero attached hydrogens (tertiary/aromatic N) is 1. The van der Waals surface area contributed by atoms with E-state index in [0.29, 0.717) is 0 Å². The van der Waals surface area contributed by atoms with Gasteiger partial charge in [-0.15, -0.1) is 0 Å². The zero-order valence-corrected chi connectivity index (χ0v) is 15.0. The van der Waals surface area contributed by atoms with E-state index in [0.717, 1.165) is 9.87 Å². The number of rotatable bonds is 6. The molecule has 0 aromatic heterocycles. The summed E-state index contributed by atoms with van der Waals surface area (Å²) in [6.45, 7) is 0. The fourth-order valence-corrected chi connectivity index (χ4v) is 4.26. The van der Waals surface area contributed by atoms with Crippen molar-refractivity contribution in [2.45, 2.75) is 17.4 Å². The highest BCUT2D eigenvalue weighted by molar-refractivity contribution is 7.89. The van der Waals surface area contributed by atoms with E-state index >= 15 is 0 Å². The summed E-state index contributed by atoms with van der Waals surface area (Å²) in [7, 11) is -2.84. The number of hydrogen-bond acceptors (Lipinski definition) is 3. The van der Waals surface area contributed by atoms with Crippen molar-refractivity contribution in [3.05, 3.63) is 64.1 Å². The summed E-state index contributed by atoms with van der Waals surface area (Å²) in [6.07, 6.45) is 0.0419. The van der Waals surface area contributed by atoms with Crippen LogP contribution < -0.4 is 0 Å². The Kier molecular flexibility index (Phi) is 5.87. The molecule has 2 aromatic rings. The molecule has 0 bridgehead atoms. The molecule has 0 radical (unpaired) electrons. The maximum atomic E-state index is 12.7. The molecule has 1 atom stereocenters. The van der Waals surface area contributed by atoms with Gasteiger partial charge in [0.2, 0.25) is 10.0 Å². The Morgan fingerprint density at radius 2 is 1.67 bits per heavy atom. The van der Waals surface area contributed by atoms with Crippen LogP contribution in [0.25, 0.3) is 0 Å². The van der Waals surface area contributed by atoms with Gasteiger partial charge in [0, 0.05) is 17.1 Å². The third-order valence-electron chi connectivity index (χ3n) is 3.51. The smallest absolute Gasteiger partial charge is 0.322 e. The average Bonchev–Trinajstić information content (AvgIpc) is 2.51. The number of halogens is 2. The van der Waals surface area contributed by atoms with E-state index in [1.54, 1.807) is 30.3 Å². The van der Waals surface area contributed by atoms with Gasteiger partial charge in [0.25, 0.3) is 0 Å². The van der Waals surface area contributed by atoms with E-state index in [4.69, 9.17) is 23.2 Å². The molecule has 0 aliphatic rings. The van der Waals surface area contributed by atoms with Gasteiger partial charge in [0.05, 0.1) is 4.90 Å². The van der Waals surface area contributed by atoms with Crippen LogP contribution in [-0.2, 0) is 21.2 Å². The number of carbonyl (C=O) groups is 1. The van der Waals surface area contributed by atoms with Crippen LogP contribution in [0.15, 0.2) is 53.4 Å². The predicted molar refractivity (Wildman–Crippen MR) is 93.0 cm³/mol. The highest BCUT2D eigenvalue weighted by atomic mass is 35.5. The Balaban J connectivity index is 2.37. The van der Waals surface area contributed by atoms with E-state index < -0.39 is 22.0 Å².